The third-order valence-corrected chi connectivity index (χ3v) is 4.19. The molecule has 1 atom stereocenters. The van der Waals surface area contributed by atoms with Gasteiger partial charge in [-0.1, -0.05) is 13.8 Å². The van der Waals surface area contributed by atoms with E-state index in [4.69, 9.17) is 21.7 Å². The molecule has 1 N–H and O–H groups in total. The molecule has 0 bridgehead atoms. The van der Waals surface area contributed by atoms with Crippen LogP contribution in [0.25, 0.3) is 0 Å². The fourth-order valence-electron chi connectivity index (χ4n) is 1.43. The molecule has 112 valence electrons. The number of nitrogens with one attached hydrogen (secondary N) is 1. The molecule has 0 spiro atoms. The van der Waals surface area contributed by atoms with Crippen molar-refractivity contribution >= 4 is 29.2 Å². The Balaban J connectivity index is 2.26. The van der Waals surface area contributed by atoms with Gasteiger partial charge in [0.1, 0.15) is 12.4 Å². The number of thioether (sulfide) groups is 1. The first-order valence-corrected chi connectivity index (χ1v) is 8.24. The number of benzene rings is 1. The van der Waals surface area contributed by atoms with Gasteiger partial charge in [0.25, 0.3) is 5.17 Å². The van der Waals surface area contributed by atoms with E-state index in [-0.39, 0.29) is 0 Å². The molecule has 0 aliphatic carbocycles. The number of hydrogen-bond acceptors (Lipinski definition) is 4. The lowest BCUT2D eigenvalue weighted by atomic mass is 10.3. The van der Waals surface area contributed by atoms with Crippen LogP contribution < -0.4 is 10.1 Å². The normalized spacial score (nSPS) is 11.8. The summed E-state index contributed by atoms with van der Waals surface area (Å²) in [5, 5.41) is 4.05. The smallest absolute Gasteiger partial charge is 0.256 e. The number of rotatable bonds is 8. The summed E-state index contributed by atoms with van der Waals surface area (Å²) >= 11 is 6.85. The minimum absolute atomic E-state index is 0.427. The van der Waals surface area contributed by atoms with Crippen molar-refractivity contribution < 1.29 is 9.47 Å². The zero-order valence-corrected chi connectivity index (χ0v) is 14.0. The molecular weight excluding hydrogens is 290 g/mol. The van der Waals surface area contributed by atoms with E-state index in [1.807, 2.05) is 30.8 Å². The highest BCUT2D eigenvalue weighted by Crippen LogP contribution is 2.26. The van der Waals surface area contributed by atoms with Crippen molar-refractivity contribution in [2.45, 2.75) is 37.3 Å². The van der Waals surface area contributed by atoms with E-state index < -0.39 is 0 Å². The van der Waals surface area contributed by atoms with Crippen molar-refractivity contribution in [1.82, 2.24) is 5.32 Å². The van der Waals surface area contributed by atoms with Gasteiger partial charge in [-0.05, 0) is 49.8 Å². The standard InChI is InChI=1S/C15H23NO2S2/c1-4-12(3)20-14-8-6-13(7-9-14)18-11-10-16-15(19)17-5-2/h6-9,12H,4-5,10-11H2,1-3H3,(H,16,19). The van der Waals surface area contributed by atoms with Crippen LogP contribution in [0.3, 0.4) is 0 Å². The molecule has 0 heterocycles. The molecule has 3 nitrogen and oxygen atoms in total. The molecule has 0 saturated carbocycles. The SMILES string of the molecule is CCOC(=S)NCCOc1ccc(SC(C)CC)cc1. The second-order valence-electron chi connectivity index (χ2n) is 4.30. The summed E-state index contributed by atoms with van der Waals surface area (Å²) in [6.45, 7) is 8.13. The molecule has 0 saturated heterocycles. The Labute approximate surface area is 131 Å². The topological polar surface area (TPSA) is 30.5 Å². The van der Waals surface area contributed by atoms with Crippen LogP contribution >= 0.6 is 24.0 Å². The molecule has 0 aliphatic heterocycles. The first-order chi connectivity index (χ1) is 9.65. The van der Waals surface area contributed by atoms with E-state index in [0.29, 0.717) is 30.2 Å². The van der Waals surface area contributed by atoms with Crippen LogP contribution in [-0.4, -0.2) is 30.2 Å². The molecule has 0 radical (unpaired) electrons. The summed E-state index contributed by atoms with van der Waals surface area (Å²) in [6, 6.07) is 8.21. The van der Waals surface area contributed by atoms with Crippen LogP contribution in [0, 0.1) is 0 Å². The van der Waals surface area contributed by atoms with Crippen molar-refractivity contribution in [2.24, 2.45) is 0 Å². The molecule has 5 heteroatoms. The average molecular weight is 313 g/mol. The predicted molar refractivity (Wildman–Crippen MR) is 89.8 cm³/mol. The lowest BCUT2D eigenvalue weighted by Gasteiger charge is -2.11. The van der Waals surface area contributed by atoms with E-state index in [9.17, 15) is 0 Å². The van der Waals surface area contributed by atoms with Crippen LogP contribution in [-0.2, 0) is 4.74 Å². The lowest BCUT2D eigenvalue weighted by Crippen LogP contribution is -2.28. The Hall–Kier alpha value is -0.940. The Morgan fingerprint density at radius 1 is 1.30 bits per heavy atom. The molecule has 20 heavy (non-hydrogen) atoms. The zero-order chi connectivity index (χ0) is 14.8. The van der Waals surface area contributed by atoms with Gasteiger partial charge in [-0.3, -0.25) is 0 Å². The van der Waals surface area contributed by atoms with Crippen molar-refractivity contribution in [3.8, 4) is 5.75 Å². The van der Waals surface area contributed by atoms with Crippen molar-refractivity contribution in [2.75, 3.05) is 19.8 Å². The number of ether oxygens (including phenoxy) is 2. The molecule has 1 aromatic carbocycles. The van der Waals surface area contributed by atoms with Crippen molar-refractivity contribution in [1.29, 1.82) is 0 Å². The summed E-state index contributed by atoms with van der Waals surface area (Å²) in [7, 11) is 0. The second-order valence-corrected chi connectivity index (χ2v) is 6.19. The van der Waals surface area contributed by atoms with Gasteiger partial charge in [-0.25, -0.2) is 0 Å². The third kappa shape index (κ3) is 7.01. The van der Waals surface area contributed by atoms with Crippen molar-refractivity contribution in [3.05, 3.63) is 24.3 Å². The highest BCUT2D eigenvalue weighted by molar-refractivity contribution is 7.99. The fraction of sp³-hybridized carbons (Fsp3) is 0.533. The predicted octanol–water partition coefficient (Wildman–Crippen LogP) is 3.87. The lowest BCUT2D eigenvalue weighted by molar-refractivity contribution is 0.297. The molecule has 0 fully saturated rings. The third-order valence-electron chi connectivity index (χ3n) is 2.65. The summed E-state index contributed by atoms with van der Waals surface area (Å²) in [6.07, 6.45) is 1.17. The highest BCUT2D eigenvalue weighted by atomic mass is 32.2. The molecule has 1 unspecified atom stereocenters. The van der Waals surface area contributed by atoms with Crippen LogP contribution in [0.2, 0.25) is 0 Å². The van der Waals surface area contributed by atoms with E-state index in [1.165, 1.54) is 11.3 Å². The first kappa shape index (κ1) is 17.1. The summed E-state index contributed by atoms with van der Waals surface area (Å²) in [5.74, 6) is 0.877. The average Bonchev–Trinajstić information content (AvgIpc) is 2.45. The Bertz CT molecular complexity index is 395. The first-order valence-electron chi connectivity index (χ1n) is 6.95. The van der Waals surface area contributed by atoms with E-state index in [1.54, 1.807) is 0 Å². The Morgan fingerprint density at radius 3 is 2.60 bits per heavy atom. The molecular formula is C15H23NO2S2. The van der Waals surface area contributed by atoms with Gasteiger partial charge in [-0.2, -0.15) is 0 Å². The summed E-state index contributed by atoms with van der Waals surface area (Å²) in [4.78, 5) is 1.28. The number of thiocarbonyl (C=S) groups is 1. The van der Waals surface area contributed by atoms with Gasteiger partial charge >= 0.3 is 0 Å². The highest BCUT2D eigenvalue weighted by Gasteiger charge is 2.02. The van der Waals surface area contributed by atoms with Crippen molar-refractivity contribution in [3.63, 3.8) is 0 Å². The van der Waals surface area contributed by atoms with Gasteiger partial charge in [-0.15, -0.1) is 11.8 Å². The van der Waals surface area contributed by atoms with Crippen LogP contribution in [0.4, 0.5) is 0 Å². The van der Waals surface area contributed by atoms with Crippen LogP contribution in [0.5, 0.6) is 5.75 Å². The molecule has 0 aromatic heterocycles. The summed E-state index contributed by atoms with van der Waals surface area (Å²) < 4.78 is 10.8. The molecule has 1 rings (SSSR count). The van der Waals surface area contributed by atoms with Crippen LogP contribution in [0.1, 0.15) is 27.2 Å². The minimum Gasteiger partial charge on any atom is -0.492 e. The molecule has 0 aliphatic rings. The zero-order valence-electron chi connectivity index (χ0n) is 12.3. The van der Waals surface area contributed by atoms with E-state index in [0.717, 1.165) is 5.75 Å². The van der Waals surface area contributed by atoms with Gasteiger partial charge in [0.05, 0.1) is 13.2 Å². The fourth-order valence-corrected chi connectivity index (χ4v) is 2.58. The quantitative estimate of drug-likeness (QED) is 0.447. The second kappa shape index (κ2) is 9.88. The Morgan fingerprint density at radius 2 is 2.00 bits per heavy atom. The monoisotopic (exact) mass is 313 g/mol. The Kier molecular flexibility index (Phi) is 8.46. The largest absolute Gasteiger partial charge is 0.492 e. The van der Waals surface area contributed by atoms with Gasteiger partial charge in [0.2, 0.25) is 0 Å². The summed E-state index contributed by atoms with van der Waals surface area (Å²) in [5.41, 5.74) is 0. The van der Waals surface area contributed by atoms with Gasteiger partial charge < -0.3 is 14.8 Å². The minimum atomic E-state index is 0.427. The number of hydrogen-bond donors (Lipinski definition) is 1. The van der Waals surface area contributed by atoms with Gasteiger partial charge in [0, 0.05) is 10.1 Å². The van der Waals surface area contributed by atoms with E-state index in [2.05, 4.69) is 31.3 Å². The maximum atomic E-state index is 5.63. The maximum Gasteiger partial charge on any atom is 0.256 e. The van der Waals surface area contributed by atoms with Gasteiger partial charge in [0.15, 0.2) is 0 Å². The van der Waals surface area contributed by atoms with Crippen LogP contribution in [0.15, 0.2) is 29.2 Å². The van der Waals surface area contributed by atoms with E-state index >= 15 is 0 Å². The molecule has 1 aromatic rings. The maximum absolute atomic E-state index is 5.63. The molecule has 0 amide bonds.